The van der Waals surface area contributed by atoms with Gasteiger partial charge in [-0.1, -0.05) is 6.92 Å². The highest BCUT2D eigenvalue weighted by atomic mass is 32.1. The second kappa shape index (κ2) is 5.05. The van der Waals surface area contributed by atoms with E-state index < -0.39 is 0 Å². The predicted octanol–water partition coefficient (Wildman–Crippen LogP) is 1.72. The molecule has 0 bridgehead atoms. The molecule has 0 spiro atoms. The maximum absolute atomic E-state index is 4.46. The van der Waals surface area contributed by atoms with E-state index >= 15 is 0 Å². The van der Waals surface area contributed by atoms with Gasteiger partial charge in [-0.15, -0.1) is 11.3 Å². The first-order valence-corrected chi connectivity index (χ1v) is 6.52. The lowest BCUT2D eigenvalue weighted by Gasteiger charge is -2.16. The smallest absolute Gasteiger partial charge is 0.109 e. The van der Waals surface area contributed by atoms with Crippen molar-refractivity contribution in [3.05, 3.63) is 16.1 Å². The molecule has 0 aromatic carbocycles. The fourth-order valence-electron chi connectivity index (χ4n) is 1.91. The second-order valence-electron chi connectivity index (χ2n) is 4.10. The molecule has 2 rings (SSSR count). The Kier molecular flexibility index (Phi) is 3.72. The maximum Gasteiger partial charge on any atom is 0.109 e. The molecule has 0 amide bonds. The highest BCUT2D eigenvalue weighted by Gasteiger charge is 2.18. The van der Waals surface area contributed by atoms with Crippen LogP contribution in [0.25, 0.3) is 0 Å². The number of thiazole rings is 1. The largest absolute Gasteiger partial charge is 0.315 e. The summed E-state index contributed by atoms with van der Waals surface area (Å²) in [6.45, 7) is 6.62. The first kappa shape index (κ1) is 11.0. The summed E-state index contributed by atoms with van der Waals surface area (Å²) in [4.78, 5) is 5.84. The summed E-state index contributed by atoms with van der Waals surface area (Å²) in [5.74, 6) is 0. The molecular formula is C11H19N3S. The molecule has 1 saturated heterocycles. The lowest BCUT2D eigenvalue weighted by atomic mass is 10.2. The first-order valence-electron chi connectivity index (χ1n) is 5.71. The van der Waals surface area contributed by atoms with Gasteiger partial charge < -0.3 is 10.6 Å². The van der Waals surface area contributed by atoms with E-state index in [-0.39, 0.29) is 0 Å². The van der Waals surface area contributed by atoms with Crippen LogP contribution in [0.5, 0.6) is 0 Å². The molecule has 2 N–H and O–H groups in total. The molecule has 1 fully saturated rings. The molecule has 1 aliphatic rings. The zero-order valence-electron chi connectivity index (χ0n) is 9.42. The van der Waals surface area contributed by atoms with Crippen molar-refractivity contribution in [1.29, 1.82) is 0 Å². The van der Waals surface area contributed by atoms with Gasteiger partial charge in [0.2, 0.25) is 0 Å². The Bertz CT molecular complexity index is 305. The Morgan fingerprint density at radius 1 is 1.73 bits per heavy atom. The molecule has 2 heterocycles. The normalized spacial score (nSPS) is 23.2. The van der Waals surface area contributed by atoms with E-state index in [0.29, 0.717) is 12.1 Å². The van der Waals surface area contributed by atoms with Crippen LogP contribution in [0.2, 0.25) is 0 Å². The third-order valence-corrected chi connectivity index (χ3v) is 4.16. The average molecular weight is 225 g/mol. The summed E-state index contributed by atoms with van der Waals surface area (Å²) in [5.41, 5.74) is 0. The molecule has 2 unspecified atom stereocenters. The van der Waals surface area contributed by atoms with Gasteiger partial charge in [-0.2, -0.15) is 0 Å². The van der Waals surface area contributed by atoms with E-state index in [1.54, 1.807) is 0 Å². The van der Waals surface area contributed by atoms with Gasteiger partial charge in [0.05, 0.1) is 6.04 Å². The molecule has 1 aromatic rings. The molecule has 3 nitrogen and oxygen atoms in total. The van der Waals surface area contributed by atoms with Crippen molar-refractivity contribution in [2.45, 2.75) is 38.8 Å². The molecule has 1 aromatic heterocycles. The van der Waals surface area contributed by atoms with Crippen LogP contribution in [-0.2, 0) is 6.42 Å². The van der Waals surface area contributed by atoms with E-state index in [2.05, 4.69) is 29.5 Å². The summed E-state index contributed by atoms with van der Waals surface area (Å²) in [7, 11) is 0. The molecule has 4 heteroatoms. The third kappa shape index (κ3) is 2.77. The van der Waals surface area contributed by atoms with Crippen LogP contribution in [-0.4, -0.2) is 24.1 Å². The summed E-state index contributed by atoms with van der Waals surface area (Å²) < 4.78 is 0. The van der Waals surface area contributed by atoms with Crippen LogP contribution in [0, 0.1) is 0 Å². The van der Waals surface area contributed by atoms with E-state index in [4.69, 9.17) is 0 Å². The average Bonchev–Trinajstić information content (AvgIpc) is 2.86. The highest BCUT2D eigenvalue weighted by molar-refractivity contribution is 7.11. The highest BCUT2D eigenvalue weighted by Crippen LogP contribution is 2.21. The van der Waals surface area contributed by atoms with E-state index in [1.807, 2.05) is 17.5 Å². The van der Waals surface area contributed by atoms with Gasteiger partial charge >= 0.3 is 0 Å². The van der Waals surface area contributed by atoms with Gasteiger partial charge in [0.1, 0.15) is 5.01 Å². The van der Waals surface area contributed by atoms with Crippen molar-refractivity contribution < 1.29 is 0 Å². The molecule has 1 aliphatic heterocycles. The Morgan fingerprint density at radius 3 is 3.20 bits per heavy atom. The SMILES string of the molecule is CCc1cnc(C(C)NC2CCNC2)s1. The van der Waals surface area contributed by atoms with Crippen LogP contribution in [0.3, 0.4) is 0 Å². The van der Waals surface area contributed by atoms with Crippen LogP contribution in [0.15, 0.2) is 6.20 Å². The predicted molar refractivity (Wildman–Crippen MR) is 64.3 cm³/mol. The summed E-state index contributed by atoms with van der Waals surface area (Å²) >= 11 is 1.83. The van der Waals surface area contributed by atoms with Crippen LogP contribution in [0.4, 0.5) is 0 Å². The molecular weight excluding hydrogens is 206 g/mol. The Hall–Kier alpha value is -0.450. The first-order chi connectivity index (χ1) is 7.29. The van der Waals surface area contributed by atoms with Crippen molar-refractivity contribution in [3.8, 4) is 0 Å². The van der Waals surface area contributed by atoms with Crippen LogP contribution >= 0.6 is 11.3 Å². The monoisotopic (exact) mass is 225 g/mol. The zero-order chi connectivity index (χ0) is 10.7. The fraction of sp³-hybridized carbons (Fsp3) is 0.727. The molecule has 0 aliphatic carbocycles. The summed E-state index contributed by atoms with van der Waals surface area (Å²) in [6, 6.07) is 1.01. The van der Waals surface area contributed by atoms with Gasteiger partial charge in [0.25, 0.3) is 0 Å². The fourth-order valence-corrected chi connectivity index (χ4v) is 2.78. The maximum atomic E-state index is 4.46. The number of hydrogen-bond acceptors (Lipinski definition) is 4. The molecule has 84 valence electrons. The lowest BCUT2D eigenvalue weighted by Crippen LogP contribution is -2.33. The van der Waals surface area contributed by atoms with Gasteiger partial charge in [-0.05, 0) is 26.3 Å². The number of rotatable bonds is 4. The van der Waals surface area contributed by atoms with Gasteiger partial charge in [-0.25, -0.2) is 4.98 Å². The van der Waals surface area contributed by atoms with Gasteiger partial charge in [0, 0.05) is 23.7 Å². The number of nitrogens with one attached hydrogen (secondary N) is 2. The van der Waals surface area contributed by atoms with E-state index in [9.17, 15) is 0 Å². The quantitative estimate of drug-likeness (QED) is 0.819. The van der Waals surface area contributed by atoms with Gasteiger partial charge in [-0.3, -0.25) is 0 Å². The Balaban J connectivity index is 1.91. The van der Waals surface area contributed by atoms with E-state index in [1.165, 1.54) is 16.3 Å². The topological polar surface area (TPSA) is 37.0 Å². The minimum Gasteiger partial charge on any atom is -0.315 e. The van der Waals surface area contributed by atoms with Crippen LogP contribution in [0.1, 0.15) is 36.2 Å². The van der Waals surface area contributed by atoms with E-state index in [0.717, 1.165) is 19.5 Å². The standard InChI is InChI=1S/C11H19N3S/c1-3-10-7-13-11(15-10)8(2)14-9-4-5-12-6-9/h7-9,12,14H,3-6H2,1-2H3. The van der Waals surface area contributed by atoms with Crippen molar-refractivity contribution >= 4 is 11.3 Å². The summed E-state index contributed by atoms with van der Waals surface area (Å²) in [5, 5.41) is 8.21. The number of hydrogen-bond donors (Lipinski definition) is 2. The number of nitrogens with zero attached hydrogens (tertiary/aromatic N) is 1. The minimum absolute atomic E-state index is 0.389. The third-order valence-electron chi connectivity index (χ3n) is 2.84. The van der Waals surface area contributed by atoms with Crippen molar-refractivity contribution in [2.75, 3.05) is 13.1 Å². The van der Waals surface area contributed by atoms with Crippen LogP contribution < -0.4 is 10.6 Å². The molecule has 2 atom stereocenters. The number of aromatic nitrogens is 1. The zero-order valence-corrected chi connectivity index (χ0v) is 10.2. The Morgan fingerprint density at radius 2 is 2.60 bits per heavy atom. The molecule has 0 radical (unpaired) electrons. The van der Waals surface area contributed by atoms with Crippen molar-refractivity contribution in [3.63, 3.8) is 0 Å². The lowest BCUT2D eigenvalue weighted by molar-refractivity contribution is 0.477. The van der Waals surface area contributed by atoms with Crippen molar-refractivity contribution in [1.82, 2.24) is 15.6 Å². The minimum atomic E-state index is 0.389. The summed E-state index contributed by atoms with van der Waals surface area (Å²) in [6.07, 6.45) is 4.33. The Labute approximate surface area is 95.3 Å². The second-order valence-corrected chi connectivity index (χ2v) is 5.24. The molecule has 0 saturated carbocycles. The van der Waals surface area contributed by atoms with Crippen molar-refractivity contribution in [2.24, 2.45) is 0 Å². The number of aryl methyl sites for hydroxylation is 1. The van der Waals surface area contributed by atoms with Gasteiger partial charge in [0.15, 0.2) is 0 Å². The molecule has 15 heavy (non-hydrogen) atoms.